The van der Waals surface area contributed by atoms with Crippen LogP contribution in [0.5, 0.6) is 0 Å². The van der Waals surface area contributed by atoms with Gasteiger partial charge in [-0.2, -0.15) is 0 Å². The van der Waals surface area contributed by atoms with Crippen LogP contribution in [0.15, 0.2) is 18.7 Å². The summed E-state index contributed by atoms with van der Waals surface area (Å²) >= 11 is 0. The van der Waals surface area contributed by atoms with E-state index in [1.165, 1.54) is 25.9 Å². The minimum atomic E-state index is 0.0932. The fourth-order valence-electron chi connectivity index (χ4n) is 2.86. The van der Waals surface area contributed by atoms with E-state index in [1.807, 2.05) is 19.4 Å². The zero-order valence-corrected chi connectivity index (χ0v) is 11.0. The molecule has 0 aromatic carbocycles. The SMILES string of the molecule is CNC(c1cncnc1)C(C)(C)N1CCCC1. The number of nitrogens with one attached hydrogen (secondary N) is 1. The van der Waals surface area contributed by atoms with Crippen LogP contribution in [0, 0.1) is 0 Å². The molecule has 2 heterocycles. The van der Waals surface area contributed by atoms with Crippen molar-refractivity contribution in [3.8, 4) is 0 Å². The summed E-state index contributed by atoms with van der Waals surface area (Å²) < 4.78 is 0. The second-order valence-corrected chi connectivity index (χ2v) is 5.24. The fourth-order valence-corrected chi connectivity index (χ4v) is 2.86. The normalized spacial score (nSPS) is 19.5. The summed E-state index contributed by atoms with van der Waals surface area (Å²) in [7, 11) is 2.01. The third kappa shape index (κ3) is 2.48. The summed E-state index contributed by atoms with van der Waals surface area (Å²) in [6.45, 7) is 6.98. The molecule has 4 nitrogen and oxygen atoms in total. The zero-order valence-electron chi connectivity index (χ0n) is 11.0. The van der Waals surface area contributed by atoms with E-state index in [-0.39, 0.29) is 11.6 Å². The van der Waals surface area contributed by atoms with Crippen LogP contribution in [-0.2, 0) is 0 Å². The predicted molar refractivity (Wildman–Crippen MR) is 68.7 cm³/mol. The molecule has 0 amide bonds. The van der Waals surface area contributed by atoms with Gasteiger partial charge in [-0.3, -0.25) is 4.90 Å². The van der Waals surface area contributed by atoms with Crippen LogP contribution in [0.25, 0.3) is 0 Å². The van der Waals surface area contributed by atoms with Gasteiger partial charge in [0.05, 0.1) is 6.04 Å². The maximum atomic E-state index is 4.12. The van der Waals surface area contributed by atoms with Gasteiger partial charge >= 0.3 is 0 Å². The molecule has 17 heavy (non-hydrogen) atoms. The number of hydrogen-bond acceptors (Lipinski definition) is 4. The number of likely N-dealkylation sites (N-methyl/N-ethyl adjacent to an activating group) is 1. The molecule has 1 aromatic heterocycles. The van der Waals surface area contributed by atoms with Crippen LogP contribution < -0.4 is 5.32 Å². The van der Waals surface area contributed by atoms with Gasteiger partial charge in [0.1, 0.15) is 6.33 Å². The Hall–Kier alpha value is -1.00. The highest BCUT2D eigenvalue weighted by Crippen LogP contribution is 2.32. The van der Waals surface area contributed by atoms with Crippen molar-refractivity contribution >= 4 is 0 Å². The topological polar surface area (TPSA) is 41.1 Å². The standard InChI is InChI=1S/C13H22N4/c1-13(2,17-6-4-5-7-17)12(14-3)11-8-15-10-16-9-11/h8-10,12,14H,4-7H2,1-3H3. The Labute approximate surface area is 103 Å². The van der Waals surface area contributed by atoms with Gasteiger partial charge in [0.2, 0.25) is 0 Å². The van der Waals surface area contributed by atoms with Crippen molar-refractivity contribution in [1.82, 2.24) is 20.2 Å². The van der Waals surface area contributed by atoms with Crippen molar-refractivity contribution in [3.05, 3.63) is 24.3 Å². The average molecular weight is 234 g/mol. The molecule has 1 N–H and O–H groups in total. The highest BCUT2D eigenvalue weighted by Gasteiger charge is 2.36. The van der Waals surface area contributed by atoms with Crippen molar-refractivity contribution in [2.24, 2.45) is 0 Å². The Morgan fingerprint density at radius 1 is 1.24 bits per heavy atom. The van der Waals surface area contributed by atoms with Crippen LogP contribution >= 0.6 is 0 Å². The van der Waals surface area contributed by atoms with Crippen molar-refractivity contribution in [1.29, 1.82) is 0 Å². The lowest BCUT2D eigenvalue weighted by atomic mass is 9.88. The molecule has 1 atom stereocenters. The first-order chi connectivity index (χ1) is 8.16. The van der Waals surface area contributed by atoms with E-state index in [0.29, 0.717) is 0 Å². The second-order valence-electron chi connectivity index (χ2n) is 5.24. The Balaban J connectivity index is 2.22. The van der Waals surface area contributed by atoms with E-state index in [2.05, 4.69) is 34.0 Å². The number of likely N-dealkylation sites (tertiary alicyclic amines) is 1. The molecule has 94 valence electrons. The fraction of sp³-hybridized carbons (Fsp3) is 0.692. The summed E-state index contributed by atoms with van der Waals surface area (Å²) in [6.07, 6.45) is 8.02. The highest BCUT2D eigenvalue weighted by molar-refractivity contribution is 5.15. The predicted octanol–water partition coefficient (Wildman–Crippen LogP) is 1.61. The van der Waals surface area contributed by atoms with Gasteiger partial charge in [-0.25, -0.2) is 9.97 Å². The average Bonchev–Trinajstić information content (AvgIpc) is 2.85. The van der Waals surface area contributed by atoms with Gasteiger partial charge in [-0.05, 0) is 46.8 Å². The Bertz CT molecular complexity index is 344. The van der Waals surface area contributed by atoms with Crippen LogP contribution in [-0.4, -0.2) is 40.5 Å². The van der Waals surface area contributed by atoms with E-state index in [9.17, 15) is 0 Å². The molecule has 1 saturated heterocycles. The molecule has 1 fully saturated rings. The maximum Gasteiger partial charge on any atom is 0.115 e. The Kier molecular flexibility index (Phi) is 3.74. The van der Waals surface area contributed by atoms with Gasteiger partial charge in [-0.1, -0.05) is 0 Å². The summed E-state index contributed by atoms with van der Waals surface area (Å²) in [4.78, 5) is 10.8. The first-order valence-electron chi connectivity index (χ1n) is 6.33. The number of rotatable bonds is 4. The lowest BCUT2D eigenvalue weighted by molar-refractivity contribution is 0.110. The third-order valence-electron chi connectivity index (χ3n) is 3.83. The minimum Gasteiger partial charge on any atom is -0.311 e. The van der Waals surface area contributed by atoms with Crippen molar-refractivity contribution in [2.45, 2.75) is 38.3 Å². The van der Waals surface area contributed by atoms with Gasteiger partial charge in [-0.15, -0.1) is 0 Å². The van der Waals surface area contributed by atoms with E-state index in [0.717, 1.165) is 5.56 Å². The number of nitrogens with zero attached hydrogens (tertiary/aromatic N) is 3. The second kappa shape index (κ2) is 5.10. The van der Waals surface area contributed by atoms with Crippen molar-refractivity contribution in [2.75, 3.05) is 20.1 Å². The molecule has 1 aliphatic rings. The maximum absolute atomic E-state index is 4.12. The summed E-state index contributed by atoms with van der Waals surface area (Å²) in [6, 6.07) is 0.266. The molecule has 0 spiro atoms. The van der Waals surface area contributed by atoms with Gasteiger partial charge in [0, 0.05) is 23.5 Å². The quantitative estimate of drug-likeness (QED) is 0.859. The molecule has 0 radical (unpaired) electrons. The first-order valence-corrected chi connectivity index (χ1v) is 6.33. The van der Waals surface area contributed by atoms with E-state index < -0.39 is 0 Å². The molecule has 0 aliphatic carbocycles. The lowest BCUT2D eigenvalue weighted by Gasteiger charge is -2.42. The highest BCUT2D eigenvalue weighted by atomic mass is 15.2. The number of hydrogen-bond donors (Lipinski definition) is 1. The van der Waals surface area contributed by atoms with Crippen molar-refractivity contribution < 1.29 is 0 Å². The third-order valence-corrected chi connectivity index (χ3v) is 3.83. The monoisotopic (exact) mass is 234 g/mol. The molecule has 1 unspecified atom stereocenters. The molecule has 4 heteroatoms. The van der Waals surface area contributed by atoms with E-state index in [1.54, 1.807) is 6.33 Å². The molecule has 0 saturated carbocycles. The van der Waals surface area contributed by atoms with E-state index >= 15 is 0 Å². The van der Waals surface area contributed by atoms with Crippen LogP contribution in [0.1, 0.15) is 38.3 Å². The lowest BCUT2D eigenvalue weighted by Crippen LogP contribution is -2.50. The molecule has 0 bridgehead atoms. The summed E-state index contributed by atoms with van der Waals surface area (Å²) in [5.41, 5.74) is 1.25. The first kappa shape index (κ1) is 12.5. The molecule has 1 aliphatic heterocycles. The van der Waals surface area contributed by atoms with Gasteiger partial charge in [0.15, 0.2) is 0 Å². The number of aromatic nitrogens is 2. The molecule has 1 aromatic rings. The zero-order chi connectivity index (χ0) is 12.3. The van der Waals surface area contributed by atoms with Crippen LogP contribution in [0.2, 0.25) is 0 Å². The molecular formula is C13H22N4. The molecule has 2 rings (SSSR count). The molecular weight excluding hydrogens is 212 g/mol. The van der Waals surface area contributed by atoms with E-state index in [4.69, 9.17) is 0 Å². The van der Waals surface area contributed by atoms with Crippen LogP contribution in [0.3, 0.4) is 0 Å². The Morgan fingerprint density at radius 2 is 1.82 bits per heavy atom. The van der Waals surface area contributed by atoms with Gasteiger partial charge < -0.3 is 5.32 Å². The van der Waals surface area contributed by atoms with Crippen LogP contribution in [0.4, 0.5) is 0 Å². The van der Waals surface area contributed by atoms with Gasteiger partial charge in [0.25, 0.3) is 0 Å². The minimum absolute atomic E-state index is 0.0932. The van der Waals surface area contributed by atoms with Crippen molar-refractivity contribution in [3.63, 3.8) is 0 Å². The summed E-state index contributed by atoms with van der Waals surface area (Å²) in [5, 5.41) is 3.41. The largest absolute Gasteiger partial charge is 0.311 e. The summed E-state index contributed by atoms with van der Waals surface area (Å²) in [5.74, 6) is 0. The smallest absolute Gasteiger partial charge is 0.115 e. The Morgan fingerprint density at radius 3 is 2.35 bits per heavy atom.